The van der Waals surface area contributed by atoms with Crippen LogP contribution in [0.4, 0.5) is 0 Å². The van der Waals surface area contributed by atoms with E-state index in [0.717, 1.165) is 18.7 Å². The molecule has 0 fully saturated rings. The molecule has 0 radical (unpaired) electrons. The first kappa shape index (κ1) is 13.8. The number of carbonyl (C=O) groups is 1. The molecule has 84 valence electrons. The Labute approximate surface area is 91.0 Å². The molecule has 4 heteroatoms. The van der Waals surface area contributed by atoms with E-state index in [1.165, 1.54) is 7.11 Å². The van der Waals surface area contributed by atoms with Gasteiger partial charge in [0.1, 0.15) is 6.04 Å². The first-order valence-electron chi connectivity index (χ1n) is 4.92. The summed E-state index contributed by atoms with van der Waals surface area (Å²) in [6, 6.07) is -0.146. The minimum atomic E-state index is -0.153. The van der Waals surface area contributed by atoms with Gasteiger partial charge in [0.15, 0.2) is 0 Å². The Hall–Kier alpha value is -0.220. The second-order valence-corrected chi connectivity index (χ2v) is 4.64. The van der Waals surface area contributed by atoms with Crippen molar-refractivity contribution >= 4 is 17.7 Å². The summed E-state index contributed by atoms with van der Waals surface area (Å²) in [5.41, 5.74) is 0. The van der Waals surface area contributed by atoms with Crippen LogP contribution < -0.4 is 5.32 Å². The van der Waals surface area contributed by atoms with Gasteiger partial charge in [0, 0.05) is 12.3 Å². The average Bonchev–Trinajstić information content (AvgIpc) is 2.15. The number of nitrogens with one attached hydrogen (secondary N) is 1. The SMILES string of the molecule is COC(=O)C(CC(C)C)NCCSC. The van der Waals surface area contributed by atoms with E-state index in [-0.39, 0.29) is 12.0 Å². The van der Waals surface area contributed by atoms with Crippen LogP contribution in [0.5, 0.6) is 0 Å². The monoisotopic (exact) mass is 219 g/mol. The van der Waals surface area contributed by atoms with Gasteiger partial charge in [-0.2, -0.15) is 11.8 Å². The van der Waals surface area contributed by atoms with Crippen LogP contribution in [-0.4, -0.2) is 37.7 Å². The predicted octanol–water partition coefficient (Wildman–Crippen LogP) is 1.53. The van der Waals surface area contributed by atoms with E-state index in [1.807, 2.05) is 0 Å². The summed E-state index contributed by atoms with van der Waals surface area (Å²) in [5.74, 6) is 1.37. The number of thioether (sulfide) groups is 1. The Kier molecular flexibility index (Phi) is 7.99. The van der Waals surface area contributed by atoms with E-state index in [0.29, 0.717) is 5.92 Å². The van der Waals surface area contributed by atoms with Crippen molar-refractivity contribution in [2.24, 2.45) is 5.92 Å². The molecule has 0 aromatic heterocycles. The number of ether oxygens (including phenoxy) is 1. The molecule has 1 unspecified atom stereocenters. The molecule has 0 rings (SSSR count). The predicted molar refractivity (Wildman–Crippen MR) is 61.6 cm³/mol. The highest BCUT2D eigenvalue weighted by Crippen LogP contribution is 2.06. The number of carbonyl (C=O) groups excluding carboxylic acids is 1. The number of rotatable bonds is 7. The van der Waals surface area contributed by atoms with E-state index in [1.54, 1.807) is 11.8 Å². The van der Waals surface area contributed by atoms with Crippen LogP contribution in [0.25, 0.3) is 0 Å². The van der Waals surface area contributed by atoms with Crippen molar-refractivity contribution in [3.05, 3.63) is 0 Å². The number of hydrogen-bond donors (Lipinski definition) is 1. The lowest BCUT2D eigenvalue weighted by Gasteiger charge is -2.17. The third-order valence-electron chi connectivity index (χ3n) is 1.89. The van der Waals surface area contributed by atoms with Gasteiger partial charge in [-0.05, 0) is 18.6 Å². The summed E-state index contributed by atoms with van der Waals surface area (Å²) in [5, 5.41) is 3.21. The Morgan fingerprint density at radius 3 is 2.57 bits per heavy atom. The van der Waals surface area contributed by atoms with Crippen molar-refractivity contribution < 1.29 is 9.53 Å². The van der Waals surface area contributed by atoms with Crippen LogP contribution in [0.1, 0.15) is 20.3 Å². The van der Waals surface area contributed by atoms with E-state index in [9.17, 15) is 4.79 Å². The van der Waals surface area contributed by atoms with Crippen molar-refractivity contribution in [3.63, 3.8) is 0 Å². The Balaban J connectivity index is 3.91. The lowest BCUT2D eigenvalue weighted by Crippen LogP contribution is -2.39. The highest BCUT2D eigenvalue weighted by atomic mass is 32.2. The molecule has 0 amide bonds. The fourth-order valence-corrected chi connectivity index (χ4v) is 1.53. The summed E-state index contributed by atoms with van der Waals surface area (Å²) in [6.45, 7) is 5.06. The van der Waals surface area contributed by atoms with Crippen LogP contribution in [0, 0.1) is 5.92 Å². The largest absolute Gasteiger partial charge is 0.468 e. The summed E-state index contributed by atoms with van der Waals surface area (Å²) >= 11 is 1.77. The van der Waals surface area contributed by atoms with Gasteiger partial charge >= 0.3 is 5.97 Å². The number of methoxy groups -OCH3 is 1. The van der Waals surface area contributed by atoms with Gasteiger partial charge in [0.05, 0.1) is 7.11 Å². The van der Waals surface area contributed by atoms with Crippen LogP contribution >= 0.6 is 11.8 Å². The standard InChI is InChI=1S/C10H21NO2S/c1-8(2)7-9(10(12)13-3)11-5-6-14-4/h8-9,11H,5-7H2,1-4H3. The fourth-order valence-electron chi connectivity index (χ4n) is 1.21. The average molecular weight is 219 g/mol. The highest BCUT2D eigenvalue weighted by Gasteiger charge is 2.18. The third-order valence-corrected chi connectivity index (χ3v) is 2.50. The second kappa shape index (κ2) is 8.12. The molecule has 0 aliphatic rings. The van der Waals surface area contributed by atoms with E-state index >= 15 is 0 Å². The van der Waals surface area contributed by atoms with Gasteiger partial charge in [-0.1, -0.05) is 13.8 Å². The molecule has 1 atom stereocenters. The van der Waals surface area contributed by atoms with Gasteiger partial charge in [-0.3, -0.25) is 4.79 Å². The van der Waals surface area contributed by atoms with Crippen LogP contribution in [0.3, 0.4) is 0 Å². The maximum absolute atomic E-state index is 11.4. The summed E-state index contributed by atoms with van der Waals surface area (Å²) < 4.78 is 4.74. The Morgan fingerprint density at radius 1 is 1.50 bits per heavy atom. The molecule has 0 spiro atoms. The molecule has 0 aliphatic carbocycles. The molecule has 0 saturated heterocycles. The van der Waals surface area contributed by atoms with Gasteiger partial charge in [0.25, 0.3) is 0 Å². The summed E-state index contributed by atoms with van der Waals surface area (Å²) in [7, 11) is 1.44. The molecule has 3 nitrogen and oxygen atoms in total. The Bertz CT molecular complexity index is 162. The van der Waals surface area contributed by atoms with Gasteiger partial charge in [-0.25, -0.2) is 0 Å². The Morgan fingerprint density at radius 2 is 2.14 bits per heavy atom. The van der Waals surface area contributed by atoms with Gasteiger partial charge < -0.3 is 10.1 Å². The zero-order valence-corrected chi connectivity index (χ0v) is 10.3. The molecule has 0 aliphatic heterocycles. The third kappa shape index (κ3) is 6.27. The molecular formula is C10H21NO2S. The summed E-state index contributed by atoms with van der Waals surface area (Å²) in [6.07, 6.45) is 2.89. The van der Waals surface area contributed by atoms with E-state index in [4.69, 9.17) is 4.74 Å². The number of hydrogen-bond acceptors (Lipinski definition) is 4. The molecule has 0 saturated carbocycles. The van der Waals surface area contributed by atoms with Crippen molar-refractivity contribution in [1.82, 2.24) is 5.32 Å². The highest BCUT2D eigenvalue weighted by molar-refractivity contribution is 7.98. The molecular weight excluding hydrogens is 198 g/mol. The van der Waals surface area contributed by atoms with Crippen LogP contribution in [0.15, 0.2) is 0 Å². The minimum absolute atomic E-state index is 0.146. The number of esters is 1. The lowest BCUT2D eigenvalue weighted by atomic mass is 10.0. The smallest absolute Gasteiger partial charge is 0.322 e. The first-order valence-corrected chi connectivity index (χ1v) is 6.31. The van der Waals surface area contributed by atoms with Crippen molar-refractivity contribution in [1.29, 1.82) is 0 Å². The van der Waals surface area contributed by atoms with Gasteiger partial charge in [0.2, 0.25) is 0 Å². The topological polar surface area (TPSA) is 38.3 Å². The van der Waals surface area contributed by atoms with E-state index < -0.39 is 0 Å². The zero-order valence-electron chi connectivity index (χ0n) is 9.50. The minimum Gasteiger partial charge on any atom is -0.468 e. The van der Waals surface area contributed by atoms with Crippen LogP contribution in [0.2, 0.25) is 0 Å². The maximum Gasteiger partial charge on any atom is 0.322 e. The maximum atomic E-state index is 11.4. The van der Waals surface area contributed by atoms with Gasteiger partial charge in [-0.15, -0.1) is 0 Å². The quantitative estimate of drug-likeness (QED) is 0.520. The normalized spacial score (nSPS) is 12.9. The van der Waals surface area contributed by atoms with Crippen molar-refractivity contribution in [3.8, 4) is 0 Å². The first-order chi connectivity index (χ1) is 6.61. The zero-order chi connectivity index (χ0) is 11.0. The summed E-state index contributed by atoms with van der Waals surface area (Å²) in [4.78, 5) is 11.4. The molecule has 0 bridgehead atoms. The van der Waals surface area contributed by atoms with Crippen molar-refractivity contribution in [2.75, 3.05) is 25.7 Å². The molecule has 0 aromatic rings. The molecule has 0 heterocycles. The molecule has 0 aromatic carbocycles. The second-order valence-electron chi connectivity index (χ2n) is 3.65. The van der Waals surface area contributed by atoms with Crippen molar-refractivity contribution in [2.45, 2.75) is 26.3 Å². The fraction of sp³-hybridized carbons (Fsp3) is 0.900. The lowest BCUT2D eigenvalue weighted by molar-refractivity contribution is -0.143. The van der Waals surface area contributed by atoms with Crippen LogP contribution in [-0.2, 0) is 9.53 Å². The molecule has 14 heavy (non-hydrogen) atoms. The molecule has 1 N–H and O–H groups in total. The van der Waals surface area contributed by atoms with E-state index in [2.05, 4.69) is 25.4 Å².